The van der Waals surface area contributed by atoms with Crippen molar-refractivity contribution >= 4 is 34.2 Å². The second kappa shape index (κ2) is 8.70. The van der Waals surface area contributed by atoms with Crippen LogP contribution in [0.1, 0.15) is 23.0 Å². The highest BCUT2D eigenvalue weighted by atomic mass is 19.1. The van der Waals surface area contributed by atoms with Crippen molar-refractivity contribution in [1.29, 1.82) is 0 Å². The van der Waals surface area contributed by atoms with Crippen molar-refractivity contribution in [2.45, 2.75) is 19.6 Å². The smallest absolute Gasteiger partial charge is 0.375 e. The Bertz CT molecular complexity index is 1130. The van der Waals surface area contributed by atoms with Crippen LogP contribution in [0.15, 0.2) is 46.9 Å². The number of anilines is 1. The normalized spacial score (nSPS) is 11.8. The molecular weight excluding hydrogens is 399 g/mol. The first-order valence-electron chi connectivity index (χ1n) is 8.77. The number of esters is 1. The van der Waals surface area contributed by atoms with Gasteiger partial charge in [-0.05, 0) is 25.1 Å². The number of carbonyl (C=O) groups excluding carboxylic acids is 2. The maximum Gasteiger partial charge on any atom is 0.375 e. The molecule has 3 rings (SSSR count). The summed E-state index contributed by atoms with van der Waals surface area (Å²) in [5.74, 6) is -2.75. The van der Waals surface area contributed by atoms with Gasteiger partial charge in [0.25, 0.3) is 5.91 Å². The summed E-state index contributed by atoms with van der Waals surface area (Å²) >= 11 is 0. The maximum atomic E-state index is 13.4. The van der Waals surface area contributed by atoms with Crippen LogP contribution in [-0.2, 0) is 20.9 Å². The van der Waals surface area contributed by atoms with Gasteiger partial charge in [0.2, 0.25) is 11.6 Å². The molecule has 0 radical (unpaired) electrons. The number of fused-ring (bicyclic) bond motifs is 1. The fourth-order valence-corrected chi connectivity index (χ4v) is 2.79. The first kappa shape index (κ1) is 20.9. The summed E-state index contributed by atoms with van der Waals surface area (Å²) in [6.07, 6.45) is -1.26. The van der Waals surface area contributed by atoms with Crippen LogP contribution in [0.3, 0.4) is 0 Å². The molecule has 2 aromatic carbocycles. The molecule has 10 heteroatoms. The highest BCUT2D eigenvalue weighted by Crippen LogP contribution is 2.27. The predicted molar refractivity (Wildman–Crippen MR) is 103 cm³/mol. The zero-order chi connectivity index (χ0) is 21.8. The fraction of sp³-hybridized carbons (Fsp3) is 0.200. The number of rotatable bonds is 7. The summed E-state index contributed by atoms with van der Waals surface area (Å²) in [5, 5.41) is 13.8. The molecule has 0 fully saturated rings. The summed E-state index contributed by atoms with van der Waals surface area (Å²) < 4.78 is 29.3. The minimum absolute atomic E-state index is 0.0141. The van der Waals surface area contributed by atoms with Crippen LogP contribution in [0, 0.1) is 15.9 Å². The van der Waals surface area contributed by atoms with Crippen molar-refractivity contribution in [2.75, 3.05) is 12.4 Å². The minimum Gasteiger partial charge on any atom is -0.449 e. The number of nitro benzene ring substituents is 1. The highest BCUT2D eigenvalue weighted by molar-refractivity contribution is 5.99. The Kier molecular flexibility index (Phi) is 6.07. The minimum atomic E-state index is -1.26. The fourth-order valence-electron chi connectivity index (χ4n) is 2.79. The first-order valence-corrected chi connectivity index (χ1v) is 8.77. The first-order chi connectivity index (χ1) is 14.3. The molecule has 0 spiro atoms. The van der Waals surface area contributed by atoms with Crippen LogP contribution in [0.4, 0.5) is 15.8 Å². The summed E-state index contributed by atoms with van der Waals surface area (Å²) in [6.45, 7) is 1.42. The average molecular weight is 416 g/mol. The monoisotopic (exact) mass is 416 g/mol. The van der Waals surface area contributed by atoms with Crippen molar-refractivity contribution in [3.8, 4) is 0 Å². The van der Waals surface area contributed by atoms with E-state index in [9.17, 15) is 24.1 Å². The Labute approximate surface area is 169 Å². The lowest BCUT2D eigenvalue weighted by Crippen LogP contribution is -2.30. The third kappa shape index (κ3) is 4.28. The molecule has 0 bridgehead atoms. The molecular formula is C20H17FN2O7. The Morgan fingerprint density at radius 1 is 1.27 bits per heavy atom. The topological polar surface area (TPSA) is 121 Å². The molecule has 30 heavy (non-hydrogen) atoms. The molecule has 1 N–H and O–H groups in total. The van der Waals surface area contributed by atoms with Crippen molar-refractivity contribution in [3.63, 3.8) is 0 Å². The second-order valence-electron chi connectivity index (χ2n) is 6.30. The third-order valence-corrected chi connectivity index (χ3v) is 4.24. The Morgan fingerprint density at radius 3 is 2.70 bits per heavy atom. The Hall–Kier alpha value is -3.79. The van der Waals surface area contributed by atoms with E-state index in [4.69, 9.17) is 13.9 Å². The van der Waals surface area contributed by atoms with E-state index in [1.807, 2.05) is 0 Å². The molecule has 9 nitrogen and oxygen atoms in total. The largest absolute Gasteiger partial charge is 0.449 e. The van der Waals surface area contributed by atoms with Gasteiger partial charge in [-0.2, -0.15) is 4.39 Å². The van der Waals surface area contributed by atoms with Crippen LogP contribution in [0.25, 0.3) is 11.0 Å². The van der Waals surface area contributed by atoms with Crippen LogP contribution in [0.5, 0.6) is 0 Å². The zero-order valence-electron chi connectivity index (χ0n) is 16.0. The Morgan fingerprint density at radius 2 is 2.00 bits per heavy atom. The molecule has 1 heterocycles. The molecule has 1 aromatic heterocycles. The van der Waals surface area contributed by atoms with Gasteiger partial charge in [0.05, 0.1) is 11.5 Å². The highest BCUT2D eigenvalue weighted by Gasteiger charge is 2.26. The number of ether oxygens (including phenoxy) is 2. The quantitative estimate of drug-likeness (QED) is 0.353. The number of nitrogens with one attached hydrogen (secondary N) is 1. The molecule has 1 amide bonds. The average Bonchev–Trinajstić information content (AvgIpc) is 3.08. The van der Waals surface area contributed by atoms with Gasteiger partial charge in [-0.3, -0.25) is 14.9 Å². The maximum absolute atomic E-state index is 13.4. The number of benzene rings is 2. The van der Waals surface area contributed by atoms with E-state index in [1.54, 1.807) is 24.3 Å². The van der Waals surface area contributed by atoms with Gasteiger partial charge in [0.15, 0.2) is 6.10 Å². The van der Waals surface area contributed by atoms with Gasteiger partial charge >= 0.3 is 11.7 Å². The number of amides is 1. The number of para-hydroxylation sites is 1. The number of carbonyl (C=O) groups is 2. The van der Waals surface area contributed by atoms with E-state index >= 15 is 0 Å². The van der Waals surface area contributed by atoms with Crippen molar-refractivity contribution in [3.05, 3.63) is 69.7 Å². The van der Waals surface area contributed by atoms with E-state index in [0.717, 1.165) is 18.2 Å². The van der Waals surface area contributed by atoms with Gasteiger partial charge in [-0.1, -0.05) is 18.2 Å². The number of halogens is 1. The van der Waals surface area contributed by atoms with E-state index in [-0.39, 0.29) is 18.1 Å². The van der Waals surface area contributed by atoms with Crippen LogP contribution in [0.2, 0.25) is 0 Å². The number of hydrogen-bond acceptors (Lipinski definition) is 7. The molecule has 156 valence electrons. The number of methoxy groups -OCH3 is 1. The predicted octanol–water partition coefficient (Wildman–Crippen LogP) is 3.81. The molecule has 0 saturated carbocycles. The lowest BCUT2D eigenvalue weighted by Gasteiger charge is -2.13. The second-order valence-corrected chi connectivity index (χ2v) is 6.30. The summed E-state index contributed by atoms with van der Waals surface area (Å²) in [6, 6.07) is 9.86. The van der Waals surface area contributed by atoms with E-state index in [1.165, 1.54) is 14.0 Å². The number of furan rings is 1. The van der Waals surface area contributed by atoms with Gasteiger partial charge in [0.1, 0.15) is 5.58 Å². The molecule has 0 saturated heterocycles. The molecule has 3 aromatic rings. The zero-order valence-corrected chi connectivity index (χ0v) is 16.0. The molecule has 1 unspecified atom stereocenters. The number of hydrogen-bond donors (Lipinski definition) is 1. The van der Waals surface area contributed by atoms with Gasteiger partial charge in [0, 0.05) is 29.8 Å². The van der Waals surface area contributed by atoms with Gasteiger partial charge in [-0.25, -0.2) is 4.79 Å². The van der Waals surface area contributed by atoms with E-state index in [0.29, 0.717) is 16.5 Å². The molecule has 0 aliphatic carbocycles. The van der Waals surface area contributed by atoms with Gasteiger partial charge < -0.3 is 19.2 Å². The molecule has 0 aliphatic heterocycles. The summed E-state index contributed by atoms with van der Waals surface area (Å²) in [4.78, 5) is 34.8. The summed E-state index contributed by atoms with van der Waals surface area (Å²) in [5.41, 5.74) is 0.149. The van der Waals surface area contributed by atoms with Crippen molar-refractivity contribution in [1.82, 2.24) is 0 Å². The standard InChI is InChI=1S/C20H17FN2O7/c1-11(19(24)22-12-7-8-15(21)16(9-12)23(26)27)29-20(25)18-14(10-28-2)13-5-3-4-6-17(13)30-18/h3-9,11H,10H2,1-2H3,(H,22,24). The number of nitro groups is 1. The van der Waals surface area contributed by atoms with Gasteiger partial charge in [-0.15, -0.1) is 0 Å². The lowest BCUT2D eigenvalue weighted by molar-refractivity contribution is -0.387. The van der Waals surface area contributed by atoms with Crippen molar-refractivity contribution < 1.29 is 32.8 Å². The van der Waals surface area contributed by atoms with E-state index < -0.39 is 34.4 Å². The summed E-state index contributed by atoms with van der Waals surface area (Å²) in [7, 11) is 1.47. The van der Waals surface area contributed by atoms with Crippen LogP contribution < -0.4 is 5.32 Å². The third-order valence-electron chi connectivity index (χ3n) is 4.24. The van der Waals surface area contributed by atoms with Crippen molar-refractivity contribution in [2.24, 2.45) is 0 Å². The molecule has 0 aliphatic rings. The molecule has 1 atom stereocenters. The Balaban J connectivity index is 1.75. The number of nitrogens with zero attached hydrogens (tertiary/aromatic N) is 1. The van der Waals surface area contributed by atoms with Crippen LogP contribution in [-0.4, -0.2) is 30.0 Å². The van der Waals surface area contributed by atoms with Crippen LogP contribution >= 0.6 is 0 Å². The SMILES string of the molecule is COCc1c(C(=O)OC(C)C(=O)Nc2ccc(F)c([N+](=O)[O-])c2)oc2ccccc12. The van der Waals surface area contributed by atoms with E-state index in [2.05, 4.69) is 5.32 Å². The lowest BCUT2D eigenvalue weighted by atomic mass is 10.1.